The Balaban J connectivity index is 2.80. The Labute approximate surface area is 113 Å². The molecule has 0 saturated heterocycles. The third kappa shape index (κ3) is 2.36. The summed E-state index contributed by atoms with van der Waals surface area (Å²) >= 11 is 0. The van der Waals surface area contributed by atoms with E-state index in [-0.39, 0.29) is 11.6 Å². The van der Waals surface area contributed by atoms with Crippen molar-refractivity contribution < 1.29 is 23.7 Å². The van der Waals surface area contributed by atoms with Crippen molar-refractivity contribution in [3.8, 4) is 11.6 Å². The lowest BCUT2D eigenvalue weighted by Crippen LogP contribution is -2.27. The summed E-state index contributed by atoms with van der Waals surface area (Å²) in [4.78, 5) is 24.2. The molecule has 0 amide bonds. The molecule has 0 fully saturated rings. The van der Waals surface area contributed by atoms with E-state index in [0.717, 1.165) is 23.1 Å². The van der Waals surface area contributed by atoms with Gasteiger partial charge >= 0.3 is 5.69 Å². The summed E-state index contributed by atoms with van der Waals surface area (Å²) in [5.74, 6) is -1.35. The van der Waals surface area contributed by atoms with E-state index < -0.39 is 39.1 Å². The molecule has 0 spiro atoms. The molecule has 2 aromatic rings. The van der Waals surface area contributed by atoms with Crippen molar-refractivity contribution in [1.82, 2.24) is 9.55 Å². The quantitative estimate of drug-likeness (QED) is 0.538. The molecule has 2 aromatic heterocycles. The van der Waals surface area contributed by atoms with Crippen LogP contribution in [0.15, 0.2) is 31.2 Å². The van der Waals surface area contributed by atoms with Crippen LogP contribution < -0.4 is 11.2 Å². The Morgan fingerprint density at radius 3 is 2.55 bits per heavy atom. The molecule has 0 aromatic carbocycles. The van der Waals surface area contributed by atoms with Gasteiger partial charge in [-0.2, -0.15) is 10.6 Å². The summed E-state index contributed by atoms with van der Waals surface area (Å²) in [7, 11) is -3.44. The molecular weight excluding hydrogens is 292 g/mol. The first-order valence-electron chi connectivity index (χ1n) is 5.26. The van der Waals surface area contributed by atoms with E-state index in [2.05, 4.69) is 0 Å². The van der Waals surface area contributed by atoms with Crippen molar-refractivity contribution in [1.29, 1.82) is 0 Å². The zero-order valence-corrected chi connectivity index (χ0v) is 11.0. The number of aromatic nitrogens is 2. The van der Waals surface area contributed by atoms with Crippen LogP contribution in [0.5, 0.6) is 5.75 Å². The number of hydrogen-bond donors (Lipinski definition) is 5. The number of nitrogens with one attached hydrogen (secondary N) is 1. The van der Waals surface area contributed by atoms with Crippen LogP contribution in [0.2, 0.25) is 0 Å². The van der Waals surface area contributed by atoms with E-state index in [1.165, 1.54) is 0 Å². The van der Waals surface area contributed by atoms with Gasteiger partial charge in [0.2, 0.25) is 5.88 Å². The lowest BCUT2D eigenvalue weighted by molar-refractivity contribution is 0.238. The molecule has 20 heavy (non-hydrogen) atoms. The van der Waals surface area contributed by atoms with Crippen LogP contribution in [0.25, 0.3) is 5.88 Å². The van der Waals surface area contributed by atoms with E-state index >= 15 is 0 Å². The van der Waals surface area contributed by atoms with Crippen LogP contribution in [0.3, 0.4) is 0 Å². The number of hydrogen-bond acceptors (Lipinski definition) is 7. The molecule has 9 nitrogen and oxygen atoms in total. The van der Waals surface area contributed by atoms with Gasteiger partial charge in [-0.15, -0.1) is 0 Å². The number of nitrogens with zero attached hydrogens (tertiary/aromatic N) is 1. The van der Waals surface area contributed by atoms with Crippen LogP contribution in [0, 0.1) is 0 Å². The predicted molar refractivity (Wildman–Crippen MR) is 69.6 cm³/mol. The van der Waals surface area contributed by atoms with Gasteiger partial charge in [-0.25, -0.2) is 9.36 Å². The van der Waals surface area contributed by atoms with Gasteiger partial charge in [-0.05, 0) is 0 Å². The minimum Gasteiger partial charge on any atom is -0.503 e. The Morgan fingerprint density at radius 2 is 2.05 bits per heavy atom. The molecule has 0 bridgehead atoms. The molecule has 0 atom stereocenters. The maximum atomic E-state index is 11.7. The van der Waals surface area contributed by atoms with Crippen molar-refractivity contribution in [2.45, 2.75) is 11.5 Å². The average Bonchev–Trinajstić information content (AvgIpc) is 2.65. The van der Waals surface area contributed by atoms with E-state index in [4.69, 9.17) is 9.52 Å². The average molecular weight is 304 g/mol. The highest BCUT2D eigenvalue weighted by Gasteiger charge is 2.29. The van der Waals surface area contributed by atoms with Crippen LogP contribution >= 0.6 is 10.6 Å². The summed E-state index contributed by atoms with van der Waals surface area (Å²) in [5.41, 5.74) is -1.53. The van der Waals surface area contributed by atoms with Gasteiger partial charge in [0.1, 0.15) is 6.61 Å². The molecular formula is C10H12N2O7S. The van der Waals surface area contributed by atoms with Gasteiger partial charge in [-0.1, -0.05) is 0 Å². The van der Waals surface area contributed by atoms with Gasteiger partial charge in [0.15, 0.2) is 16.4 Å². The molecule has 0 radical (unpaired) electrons. The molecule has 0 aliphatic rings. The summed E-state index contributed by atoms with van der Waals surface area (Å²) < 4.78 is 25.3. The first-order valence-corrected chi connectivity index (χ1v) is 7.22. The normalized spacial score (nSPS) is 12.6. The Kier molecular flexibility index (Phi) is 3.48. The highest BCUT2D eigenvalue weighted by atomic mass is 32.3. The molecule has 2 heterocycles. The molecule has 110 valence electrons. The maximum absolute atomic E-state index is 11.7. The number of rotatable bonds is 3. The monoisotopic (exact) mass is 304 g/mol. The van der Waals surface area contributed by atoms with Gasteiger partial charge in [0.25, 0.3) is 5.56 Å². The fraction of sp³-hybridized carbons (Fsp3) is 0.200. The second-order valence-electron chi connectivity index (χ2n) is 3.98. The van der Waals surface area contributed by atoms with Crippen molar-refractivity contribution in [2.24, 2.45) is 0 Å². The minimum absolute atomic E-state index is 0.324. The maximum Gasteiger partial charge on any atom is 0.335 e. The summed E-state index contributed by atoms with van der Waals surface area (Å²) in [6, 6.07) is 1.02. The molecule has 0 unspecified atom stereocenters. The highest BCUT2D eigenvalue weighted by molar-refractivity contribution is 8.23. The van der Waals surface area contributed by atoms with E-state index in [1.807, 2.05) is 4.98 Å². The zero-order valence-electron chi connectivity index (χ0n) is 10.2. The number of H-pyrrole nitrogens is 1. The molecule has 0 saturated carbocycles. The van der Waals surface area contributed by atoms with Crippen LogP contribution in [0.4, 0.5) is 0 Å². The van der Waals surface area contributed by atoms with Gasteiger partial charge in [0.05, 0.1) is 0 Å². The Bertz CT molecular complexity index is 752. The van der Waals surface area contributed by atoms with Crippen molar-refractivity contribution in [3.63, 3.8) is 0 Å². The van der Waals surface area contributed by atoms with E-state index in [0.29, 0.717) is 0 Å². The number of aliphatic hydroxyl groups is 1. The second-order valence-corrected chi connectivity index (χ2v) is 6.06. The second kappa shape index (κ2) is 4.83. The van der Waals surface area contributed by atoms with Crippen molar-refractivity contribution in [3.05, 3.63) is 38.9 Å². The SMILES string of the molecule is CS(O)(O)c1c(-n2ccc(=O)[nH]c2=O)oc(CO)c1O. The Morgan fingerprint density at radius 1 is 1.40 bits per heavy atom. The summed E-state index contributed by atoms with van der Waals surface area (Å²) in [6.45, 7) is -0.702. The van der Waals surface area contributed by atoms with Crippen LogP contribution in [-0.4, -0.2) is 35.1 Å². The standard InChI is InChI=1S/C10H12N2O7S/c1-20(17,18)8-7(15)5(4-13)19-9(8)12-3-2-6(14)11-10(12)16/h2-3,13,15,17-18H,4H2,1H3,(H,11,14,16). The van der Waals surface area contributed by atoms with Gasteiger partial charge in [0, 0.05) is 18.5 Å². The van der Waals surface area contributed by atoms with Crippen molar-refractivity contribution in [2.75, 3.05) is 6.26 Å². The molecule has 10 heteroatoms. The highest BCUT2D eigenvalue weighted by Crippen LogP contribution is 2.54. The smallest absolute Gasteiger partial charge is 0.335 e. The predicted octanol–water partition coefficient (Wildman–Crippen LogP) is 0.0560. The van der Waals surface area contributed by atoms with E-state index in [9.17, 15) is 23.8 Å². The first kappa shape index (κ1) is 14.4. The lowest BCUT2D eigenvalue weighted by atomic mass is 10.4. The van der Waals surface area contributed by atoms with Gasteiger partial charge in [-0.3, -0.25) is 18.9 Å². The number of aromatic hydroxyl groups is 1. The molecule has 0 aliphatic carbocycles. The number of furan rings is 1. The number of aromatic amines is 1. The first-order chi connectivity index (χ1) is 9.25. The van der Waals surface area contributed by atoms with Crippen LogP contribution in [0.1, 0.15) is 5.76 Å². The Hall–Kier alpha value is -2.01. The van der Waals surface area contributed by atoms with Crippen molar-refractivity contribution >= 4 is 10.6 Å². The van der Waals surface area contributed by atoms with Crippen LogP contribution in [-0.2, 0) is 6.61 Å². The topological polar surface area (TPSA) is 149 Å². The fourth-order valence-corrected chi connectivity index (χ4v) is 2.58. The zero-order chi connectivity index (χ0) is 15.1. The third-order valence-electron chi connectivity index (χ3n) is 2.47. The lowest BCUT2D eigenvalue weighted by Gasteiger charge is -2.26. The molecule has 5 N–H and O–H groups in total. The van der Waals surface area contributed by atoms with Gasteiger partial charge < -0.3 is 14.6 Å². The number of aliphatic hydroxyl groups excluding tert-OH is 1. The summed E-state index contributed by atoms with van der Waals surface area (Å²) in [6.07, 6.45) is 2.08. The molecule has 2 rings (SSSR count). The fourth-order valence-electron chi connectivity index (χ4n) is 1.63. The summed E-state index contributed by atoms with van der Waals surface area (Å²) in [5, 5.41) is 18.8. The third-order valence-corrected chi connectivity index (χ3v) is 3.61. The minimum atomic E-state index is -3.44. The van der Waals surface area contributed by atoms with E-state index in [1.54, 1.807) is 0 Å². The molecule has 0 aliphatic heterocycles. The largest absolute Gasteiger partial charge is 0.503 e.